The maximum Gasteiger partial charge on any atom is 0.336 e. The van der Waals surface area contributed by atoms with Gasteiger partial charge >= 0.3 is 11.9 Å². The lowest BCUT2D eigenvalue weighted by molar-refractivity contribution is -0.137. The van der Waals surface area contributed by atoms with Gasteiger partial charge < -0.3 is 14.7 Å². The van der Waals surface area contributed by atoms with Crippen LogP contribution in [0.3, 0.4) is 0 Å². The third-order valence-corrected chi connectivity index (χ3v) is 4.63. The Morgan fingerprint density at radius 2 is 1.86 bits per heavy atom. The predicted molar refractivity (Wildman–Crippen MR) is 83.9 cm³/mol. The van der Waals surface area contributed by atoms with Crippen molar-refractivity contribution < 1.29 is 19.4 Å². The zero-order chi connectivity index (χ0) is 16.2. The number of carbonyl (C=O) groups is 2. The molecular weight excluding hydrogens is 290 g/mol. The maximum atomic E-state index is 12.0. The molecule has 1 rings (SSSR count). The molecule has 0 aliphatic carbocycles. The summed E-state index contributed by atoms with van der Waals surface area (Å²) in [5.41, 5.74) is 2.19. The molecule has 0 saturated heterocycles. The Kier molecular flexibility index (Phi) is 6.33. The van der Waals surface area contributed by atoms with Crippen molar-refractivity contribution in [3.63, 3.8) is 0 Å². The Labute approximate surface area is 130 Å². The molecular formula is C15H23NO4S. The minimum Gasteiger partial charge on any atom is -0.478 e. The molecule has 1 aliphatic rings. The fraction of sp³-hybridized carbons (Fsp3) is 0.600. The summed E-state index contributed by atoms with van der Waals surface area (Å²) in [6.07, 6.45) is 0. The summed E-state index contributed by atoms with van der Waals surface area (Å²) in [6, 6.07) is 0. The standard InChI is InChI=1S/C15H23NO4S/c1-6-21-8-7-16-10(3)12(14(17)18)9(2)13(11(16)4)15(19)20-5/h9H,6-8H2,1-5H3,(H,17,18). The van der Waals surface area contributed by atoms with Crippen LogP contribution in [0, 0.1) is 5.92 Å². The van der Waals surface area contributed by atoms with Crippen LogP contribution in [0.5, 0.6) is 0 Å². The summed E-state index contributed by atoms with van der Waals surface area (Å²) >= 11 is 1.78. The summed E-state index contributed by atoms with van der Waals surface area (Å²) in [4.78, 5) is 25.5. The Hall–Kier alpha value is -1.43. The zero-order valence-corrected chi connectivity index (χ0v) is 14.0. The highest BCUT2D eigenvalue weighted by Crippen LogP contribution is 2.35. The number of esters is 1. The molecule has 1 aliphatic heterocycles. The molecule has 0 amide bonds. The molecule has 1 N–H and O–H groups in total. The molecule has 0 fully saturated rings. The lowest BCUT2D eigenvalue weighted by Crippen LogP contribution is -2.35. The van der Waals surface area contributed by atoms with E-state index in [9.17, 15) is 14.7 Å². The van der Waals surface area contributed by atoms with E-state index in [-0.39, 0.29) is 5.57 Å². The summed E-state index contributed by atoms with van der Waals surface area (Å²) in [5.74, 6) is -0.0294. The van der Waals surface area contributed by atoms with Crippen molar-refractivity contribution >= 4 is 23.7 Å². The van der Waals surface area contributed by atoms with E-state index in [0.29, 0.717) is 17.8 Å². The van der Waals surface area contributed by atoms with E-state index in [4.69, 9.17) is 4.74 Å². The van der Waals surface area contributed by atoms with E-state index in [1.807, 2.05) is 11.8 Å². The van der Waals surface area contributed by atoms with Gasteiger partial charge in [-0.15, -0.1) is 0 Å². The number of thioether (sulfide) groups is 1. The van der Waals surface area contributed by atoms with Crippen LogP contribution in [-0.2, 0) is 14.3 Å². The molecule has 118 valence electrons. The van der Waals surface area contributed by atoms with Crippen LogP contribution in [-0.4, -0.2) is 47.1 Å². The van der Waals surface area contributed by atoms with Crippen molar-refractivity contribution in [1.29, 1.82) is 0 Å². The number of ether oxygens (including phenoxy) is 1. The molecule has 0 aromatic heterocycles. The number of carbonyl (C=O) groups excluding carboxylic acids is 1. The maximum absolute atomic E-state index is 12.0. The summed E-state index contributed by atoms with van der Waals surface area (Å²) in [7, 11) is 1.32. The number of rotatable bonds is 6. The van der Waals surface area contributed by atoms with Gasteiger partial charge in [0.05, 0.1) is 18.3 Å². The van der Waals surface area contributed by atoms with Crippen LogP contribution in [0.15, 0.2) is 22.5 Å². The first kappa shape index (κ1) is 17.6. The second-order valence-electron chi connectivity index (χ2n) is 4.87. The number of carboxylic acids is 1. The number of carboxylic acid groups (broad SMARTS) is 1. The van der Waals surface area contributed by atoms with Gasteiger partial charge in [0, 0.05) is 29.6 Å². The molecule has 1 heterocycles. The molecule has 0 radical (unpaired) electrons. The number of hydrogen-bond acceptors (Lipinski definition) is 5. The Morgan fingerprint density at radius 1 is 1.29 bits per heavy atom. The second-order valence-corrected chi connectivity index (χ2v) is 6.26. The van der Waals surface area contributed by atoms with Gasteiger partial charge in [0.25, 0.3) is 0 Å². The van der Waals surface area contributed by atoms with E-state index < -0.39 is 17.9 Å². The smallest absolute Gasteiger partial charge is 0.336 e. The lowest BCUT2D eigenvalue weighted by atomic mass is 9.86. The van der Waals surface area contributed by atoms with Crippen LogP contribution in [0.25, 0.3) is 0 Å². The van der Waals surface area contributed by atoms with E-state index in [1.165, 1.54) is 7.11 Å². The highest BCUT2D eigenvalue weighted by atomic mass is 32.2. The van der Waals surface area contributed by atoms with Crippen molar-refractivity contribution in [3.8, 4) is 0 Å². The molecule has 0 spiro atoms. The lowest BCUT2D eigenvalue weighted by Gasteiger charge is -2.36. The van der Waals surface area contributed by atoms with Gasteiger partial charge in [0.2, 0.25) is 0 Å². The Bertz CT molecular complexity index is 496. The molecule has 5 nitrogen and oxygen atoms in total. The summed E-state index contributed by atoms with van der Waals surface area (Å²) in [5, 5.41) is 9.46. The number of allylic oxidation sites excluding steroid dienone is 2. The minimum atomic E-state index is -0.984. The number of nitrogens with zero attached hydrogens (tertiary/aromatic N) is 1. The second kappa shape index (κ2) is 7.54. The van der Waals surface area contributed by atoms with Crippen molar-refractivity contribution in [2.45, 2.75) is 27.7 Å². The average molecular weight is 313 g/mol. The van der Waals surface area contributed by atoms with Crippen molar-refractivity contribution in [3.05, 3.63) is 22.5 Å². The van der Waals surface area contributed by atoms with E-state index >= 15 is 0 Å². The van der Waals surface area contributed by atoms with Crippen LogP contribution >= 0.6 is 11.8 Å². The largest absolute Gasteiger partial charge is 0.478 e. The molecule has 0 saturated carbocycles. The van der Waals surface area contributed by atoms with Gasteiger partial charge in [0.15, 0.2) is 0 Å². The fourth-order valence-corrected chi connectivity index (χ4v) is 3.32. The van der Waals surface area contributed by atoms with Gasteiger partial charge in [-0.2, -0.15) is 11.8 Å². The first-order chi connectivity index (χ1) is 9.86. The molecule has 0 aromatic carbocycles. The highest BCUT2D eigenvalue weighted by Gasteiger charge is 2.35. The molecule has 1 unspecified atom stereocenters. The van der Waals surface area contributed by atoms with Gasteiger partial charge in [-0.3, -0.25) is 0 Å². The van der Waals surface area contributed by atoms with Gasteiger partial charge in [-0.05, 0) is 19.6 Å². The van der Waals surface area contributed by atoms with Crippen LogP contribution in [0.4, 0.5) is 0 Å². The summed E-state index contributed by atoms with van der Waals surface area (Å²) < 4.78 is 4.82. The third-order valence-electron chi connectivity index (χ3n) is 3.75. The van der Waals surface area contributed by atoms with Crippen molar-refractivity contribution in [2.75, 3.05) is 25.2 Å². The fourth-order valence-electron chi connectivity index (χ4n) is 2.72. The number of methoxy groups -OCH3 is 1. The number of hydrogen-bond donors (Lipinski definition) is 1. The normalized spacial score (nSPS) is 19.1. The minimum absolute atomic E-state index is 0.266. The van der Waals surface area contributed by atoms with Crippen molar-refractivity contribution in [2.24, 2.45) is 5.92 Å². The predicted octanol–water partition coefficient (Wildman–Crippen LogP) is 2.50. The van der Waals surface area contributed by atoms with E-state index in [2.05, 4.69) is 6.92 Å². The Morgan fingerprint density at radius 3 is 2.33 bits per heavy atom. The first-order valence-corrected chi connectivity index (χ1v) is 8.10. The highest BCUT2D eigenvalue weighted by molar-refractivity contribution is 7.99. The summed E-state index contributed by atoms with van der Waals surface area (Å²) in [6.45, 7) is 8.15. The van der Waals surface area contributed by atoms with Gasteiger partial charge in [0.1, 0.15) is 0 Å². The van der Waals surface area contributed by atoms with Gasteiger partial charge in [-0.25, -0.2) is 9.59 Å². The van der Waals surface area contributed by atoms with E-state index in [1.54, 1.807) is 25.6 Å². The monoisotopic (exact) mass is 313 g/mol. The van der Waals surface area contributed by atoms with Crippen LogP contribution < -0.4 is 0 Å². The average Bonchev–Trinajstić information content (AvgIpc) is 2.41. The van der Waals surface area contributed by atoms with E-state index in [0.717, 1.165) is 17.2 Å². The molecule has 6 heteroatoms. The molecule has 1 atom stereocenters. The van der Waals surface area contributed by atoms with Gasteiger partial charge in [-0.1, -0.05) is 13.8 Å². The molecule has 0 bridgehead atoms. The number of aliphatic carboxylic acids is 1. The molecule has 21 heavy (non-hydrogen) atoms. The topological polar surface area (TPSA) is 66.8 Å². The quantitative estimate of drug-likeness (QED) is 0.600. The third kappa shape index (κ3) is 3.61. The SMILES string of the molecule is CCSCCN1C(C)=C(C(=O)O)C(C)C(C(=O)OC)=C1C. The zero-order valence-electron chi connectivity index (χ0n) is 13.2. The Balaban J connectivity index is 3.24. The van der Waals surface area contributed by atoms with Crippen molar-refractivity contribution in [1.82, 2.24) is 4.90 Å². The molecule has 0 aromatic rings. The van der Waals surface area contributed by atoms with Crippen LogP contribution in [0.2, 0.25) is 0 Å². The van der Waals surface area contributed by atoms with Crippen LogP contribution in [0.1, 0.15) is 27.7 Å². The first-order valence-electron chi connectivity index (χ1n) is 6.95.